The first-order valence-corrected chi connectivity index (χ1v) is 3.93. The molecule has 0 unspecified atom stereocenters. The van der Waals surface area contributed by atoms with Crippen LogP contribution < -0.4 is 11.5 Å². The average molecular weight is 148 g/mol. The lowest BCUT2D eigenvalue weighted by atomic mass is 10.2. The smallest absolute Gasteiger partial charge is 0.247 e. The van der Waals surface area contributed by atoms with Crippen LogP contribution in [0.2, 0.25) is 0 Å². The number of rotatable bonds is 3. The van der Waals surface area contributed by atoms with Crippen molar-refractivity contribution >= 4 is 17.7 Å². The van der Waals surface area contributed by atoms with E-state index in [-0.39, 0.29) is 0 Å². The highest BCUT2D eigenvalue weighted by molar-refractivity contribution is 8.00. The molecule has 0 aliphatic carbocycles. The molecule has 0 rings (SSSR count). The summed E-state index contributed by atoms with van der Waals surface area (Å²) in [6.45, 7) is 1.83. The third-order valence-electron chi connectivity index (χ3n) is 1.31. The van der Waals surface area contributed by atoms with Crippen molar-refractivity contribution in [3.8, 4) is 0 Å². The van der Waals surface area contributed by atoms with Crippen molar-refractivity contribution in [3.63, 3.8) is 0 Å². The van der Waals surface area contributed by atoms with Crippen molar-refractivity contribution in [2.45, 2.75) is 18.2 Å². The second-order valence-electron chi connectivity index (χ2n) is 1.81. The molecule has 0 aliphatic rings. The van der Waals surface area contributed by atoms with E-state index < -0.39 is 10.8 Å². The zero-order valence-electron chi connectivity index (χ0n) is 5.68. The molecule has 0 saturated heterocycles. The molecule has 0 aromatic heterocycles. The molecular formula is C5H12N2OS. The molecule has 0 fully saturated rings. The Balaban J connectivity index is 4.09. The number of hydrogen-bond acceptors (Lipinski definition) is 3. The maximum Gasteiger partial charge on any atom is 0.247 e. The Morgan fingerprint density at radius 1 is 1.78 bits per heavy atom. The van der Waals surface area contributed by atoms with Crippen molar-refractivity contribution in [3.05, 3.63) is 0 Å². The molecule has 0 radical (unpaired) electrons. The quantitative estimate of drug-likeness (QED) is 0.549. The van der Waals surface area contributed by atoms with Crippen LogP contribution in [0.5, 0.6) is 0 Å². The molecule has 4 N–H and O–H groups in total. The lowest BCUT2D eigenvalue weighted by Crippen LogP contribution is -2.48. The van der Waals surface area contributed by atoms with E-state index in [2.05, 4.69) is 0 Å². The van der Waals surface area contributed by atoms with Gasteiger partial charge in [-0.1, -0.05) is 6.92 Å². The first-order valence-electron chi connectivity index (χ1n) is 2.70. The number of amides is 1. The van der Waals surface area contributed by atoms with E-state index >= 15 is 0 Å². The fourth-order valence-electron chi connectivity index (χ4n) is 0.419. The molecule has 0 bridgehead atoms. The molecule has 9 heavy (non-hydrogen) atoms. The fourth-order valence-corrected chi connectivity index (χ4v) is 0.909. The van der Waals surface area contributed by atoms with Crippen molar-refractivity contribution < 1.29 is 4.79 Å². The van der Waals surface area contributed by atoms with Gasteiger partial charge < -0.3 is 11.5 Å². The molecule has 0 aromatic rings. The van der Waals surface area contributed by atoms with Crippen LogP contribution >= 0.6 is 11.8 Å². The molecule has 1 amide bonds. The largest absolute Gasteiger partial charge is 0.367 e. The zero-order chi connectivity index (χ0) is 7.49. The standard InChI is InChI=1S/C5H12N2OS/c1-3-5(7,9-2)4(6)8/h3,7H2,1-2H3,(H2,6,8)/t5-/m0/s1. The Morgan fingerprint density at radius 3 is 2.22 bits per heavy atom. The summed E-state index contributed by atoms with van der Waals surface area (Å²) >= 11 is 1.28. The van der Waals surface area contributed by atoms with Gasteiger partial charge >= 0.3 is 0 Å². The van der Waals surface area contributed by atoms with Crippen LogP contribution in [0.1, 0.15) is 13.3 Å². The predicted molar refractivity (Wildman–Crippen MR) is 39.9 cm³/mol. The van der Waals surface area contributed by atoms with E-state index in [4.69, 9.17) is 11.5 Å². The molecule has 0 aromatic carbocycles. The third kappa shape index (κ3) is 1.87. The minimum atomic E-state index is -0.861. The second-order valence-corrected chi connectivity index (χ2v) is 2.95. The Labute approximate surface area is 59.2 Å². The molecule has 1 atom stereocenters. The van der Waals surface area contributed by atoms with Gasteiger partial charge in [-0.25, -0.2) is 0 Å². The summed E-state index contributed by atoms with van der Waals surface area (Å²) in [5.74, 6) is -0.447. The second kappa shape index (κ2) is 3.08. The van der Waals surface area contributed by atoms with Crippen LogP contribution in [0.4, 0.5) is 0 Å². The first-order chi connectivity index (χ1) is 4.06. The van der Waals surface area contributed by atoms with Gasteiger partial charge in [-0.05, 0) is 12.7 Å². The molecule has 3 nitrogen and oxygen atoms in total. The average Bonchev–Trinajstić information content (AvgIpc) is 1.86. The Kier molecular flexibility index (Phi) is 3.00. The van der Waals surface area contributed by atoms with Gasteiger partial charge in [0.2, 0.25) is 5.91 Å². The Bertz CT molecular complexity index is 112. The van der Waals surface area contributed by atoms with Crippen molar-refractivity contribution in [2.24, 2.45) is 11.5 Å². The topological polar surface area (TPSA) is 69.1 Å². The predicted octanol–water partition coefficient (Wildman–Crippen LogP) is -0.100. The highest BCUT2D eigenvalue weighted by atomic mass is 32.2. The lowest BCUT2D eigenvalue weighted by molar-refractivity contribution is -0.120. The minimum absolute atomic E-state index is 0.447. The van der Waals surface area contributed by atoms with E-state index in [1.807, 2.05) is 6.92 Å². The van der Waals surface area contributed by atoms with Crippen LogP contribution in [0.3, 0.4) is 0 Å². The van der Waals surface area contributed by atoms with Crippen LogP contribution in [-0.2, 0) is 4.79 Å². The van der Waals surface area contributed by atoms with Crippen LogP contribution in [0.15, 0.2) is 0 Å². The van der Waals surface area contributed by atoms with Crippen LogP contribution in [0, 0.1) is 0 Å². The summed E-state index contributed by atoms with van der Waals surface area (Å²) in [6.07, 6.45) is 2.34. The van der Waals surface area contributed by atoms with Gasteiger partial charge in [0.05, 0.1) is 0 Å². The van der Waals surface area contributed by atoms with Gasteiger partial charge in [-0.3, -0.25) is 4.79 Å². The SMILES string of the molecule is CC[C@](N)(SC)C(N)=O. The van der Waals surface area contributed by atoms with Gasteiger partial charge in [-0.2, -0.15) is 0 Å². The number of primary amides is 1. The van der Waals surface area contributed by atoms with Gasteiger partial charge in [0, 0.05) is 0 Å². The number of carbonyl (C=O) groups is 1. The molecule has 0 spiro atoms. The van der Waals surface area contributed by atoms with E-state index in [0.29, 0.717) is 6.42 Å². The van der Waals surface area contributed by atoms with E-state index in [1.54, 1.807) is 6.26 Å². The van der Waals surface area contributed by atoms with Gasteiger partial charge in [0.25, 0.3) is 0 Å². The molecule has 54 valence electrons. The third-order valence-corrected chi connectivity index (χ3v) is 2.52. The zero-order valence-corrected chi connectivity index (χ0v) is 6.49. The van der Waals surface area contributed by atoms with E-state index in [9.17, 15) is 4.79 Å². The molecule has 4 heteroatoms. The van der Waals surface area contributed by atoms with Crippen molar-refractivity contribution in [1.29, 1.82) is 0 Å². The Hall–Kier alpha value is -0.220. The highest BCUT2D eigenvalue weighted by Crippen LogP contribution is 2.18. The summed E-state index contributed by atoms with van der Waals surface area (Å²) in [5.41, 5.74) is 10.5. The summed E-state index contributed by atoms with van der Waals surface area (Å²) < 4.78 is 0. The summed E-state index contributed by atoms with van der Waals surface area (Å²) in [4.78, 5) is 9.70. The molecule has 0 aliphatic heterocycles. The molecule has 0 heterocycles. The van der Waals surface area contributed by atoms with Gasteiger partial charge in [0.1, 0.15) is 4.87 Å². The minimum Gasteiger partial charge on any atom is -0.367 e. The number of carbonyl (C=O) groups excluding carboxylic acids is 1. The van der Waals surface area contributed by atoms with E-state index in [0.717, 1.165) is 0 Å². The van der Waals surface area contributed by atoms with Crippen LogP contribution in [0.25, 0.3) is 0 Å². The summed E-state index contributed by atoms with van der Waals surface area (Å²) in [7, 11) is 0. The fraction of sp³-hybridized carbons (Fsp3) is 0.800. The first kappa shape index (κ1) is 8.78. The monoisotopic (exact) mass is 148 g/mol. The van der Waals surface area contributed by atoms with Crippen LogP contribution in [-0.4, -0.2) is 17.0 Å². The maximum atomic E-state index is 10.6. The van der Waals surface area contributed by atoms with Crippen molar-refractivity contribution in [1.82, 2.24) is 0 Å². The van der Waals surface area contributed by atoms with Gasteiger partial charge in [0.15, 0.2) is 0 Å². The maximum absolute atomic E-state index is 10.6. The molecular weight excluding hydrogens is 136 g/mol. The number of hydrogen-bond donors (Lipinski definition) is 2. The Morgan fingerprint density at radius 2 is 2.22 bits per heavy atom. The normalized spacial score (nSPS) is 16.8. The lowest BCUT2D eigenvalue weighted by Gasteiger charge is -2.20. The number of nitrogens with two attached hydrogens (primary N) is 2. The number of thioether (sulfide) groups is 1. The van der Waals surface area contributed by atoms with E-state index in [1.165, 1.54) is 11.8 Å². The summed E-state index contributed by atoms with van der Waals surface area (Å²) in [6, 6.07) is 0. The highest BCUT2D eigenvalue weighted by Gasteiger charge is 2.27. The summed E-state index contributed by atoms with van der Waals surface area (Å²) in [5, 5.41) is 0. The van der Waals surface area contributed by atoms with Gasteiger partial charge in [-0.15, -0.1) is 11.8 Å². The van der Waals surface area contributed by atoms with Crippen molar-refractivity contribution in [2.75, 3.05) is 6.26 Å². The molecule has 0 saturated carbocycles.